The number of guanidine groups is 1. The zero-order valence-electron chi connectivity index (χ0n) is 12.2. The van der Waals surface area contributed by atoms with Crippen LogP contribution < -0.4 is 11.1 Å². The third-order valence-electron chi connectivity index (χ3n) is 3.85. The van der Waals surface area contributed by atoms with E-state index in [0.717, 1.165) is 6.54 Å². The molecule has 0 aliphatic heterocycles. The van der Waals surface area contributed by atoms with Gasteiger partial charge in [0.05, 0.1) is 0 Å². The second-order valence-corrected chi connectivity index (χ2v) is 6.30. The number of nitrogens with zero attached hydrogens (tertiary/aromatic N) is 1. The Labute approximate surface area is 143 Å². The van der Waals surface area contributed by atoms with Gasteiger partial charge in [-0.05, 0) is 35.2 Å². The molecule has 1 fully saturated rings. The van der Waals surface area contributed by atoms with Gasteiger partial charge in [-0.25, -0.2) is 0 Å². The molecule has 114 valence electrons. The summed E-state index contributed by atoms with van der Waals surface area (Å²) in [5, 5.41) is 7.69. The van der Waals surface area contributed by atoms with Crippen molar-refractivity contribution in [2.45, 2.75) is 57.4 Å². The van der Waals surface area contributed by atoms with Crippen molar-refractivity contribution < 1.29 is 0 Å². The highest BCUT2D eigenvalue weighted by Gasteiger charge is 2.12. The van der Waals surface area contributed by atoms with E-state index < -0.39 is 0 Å². The van der Waals surface area contributed by atoms with Gasteiger partial charge in [-0.2, -0.15) is 11.3 Å². The van der Waals surface area contributed by atoms with Gasteiger partial charge in [0, 0.05) is 18.5 Å². The fourth-order valence-electron chi connectivity index (χ4n) is 2.57. The molecular weight excluding hydrogens is 381 g/mol. The maximum atomic E-state index is 6.00. The molecule has 1 aliphatic rings. The van der Waals surface area contributed by atoms with Crippen LogP contribution in [0.15, 0.2) is 21.8 Å². The number of aliphatic imine (C=N–C) groups is 1. The highest BCUT2D eigenvalue weighted by molar-refractivity contribution is 14.0. The summed E-state index contributed by atoms with van der Waals surface area (Å²) in [4.78, 5) is 4.49. The van der Waals surface area contributed by atoms with Gasteiger partial charge >= 0.3 is 0 Å². The molecule has 1 unspecified atom stereocenters. The quantitative estimate of drug-likeness (QED) is 0.342. The maximum Gasteiger partial charge on any atom is 0.188 e. The molecule has 0 radical (unpaired) electrons. The van der Waals surface area contributed by atoms with Gasteiger partial charge < -0.3 is 11.1 Å². The Morgan fingerprint density at radius 2 is 2.10 bits per heavy atom. The molecule has 2 rings (SSSR count). The van der Waals surface area contributed by atoms with E-state index in [1.807, 2.05) is 0 Å². The van der Waals surface area contributed by atoms with E-state index in [1.54, 1.807) is 11.3 Å². The number of halogens is 1. The normalized spacial score (nSPS) is 18.9. The fourth-order valence-corrected chi connectivity index (χ4v) is 3.36. The zero-order chi connectivity index (χ0) is 13.5. The van der Waals surface area contributed by atoms with Crippen LogP contribution >= 0.6 is 35.3 Å². The zero-order valence-corrected chi connectivity index (χ0v) is 15.3. The van der Waals surface area contributed by atoms with Crippen molar-refractivity contribution >= 4 is 41.3 Å². The Kier molecular flexibility index (Phi) is 8.52. The summed E-state index contributed by atoms with van der Waals surface area (Å²) in [5.41, 5.74) is 7.36. The van der Waals surface area contributed by atoms with Crippen LogP contribution in [0.5, 0.6) is 0 Å². The first-order valence-electron chi connectivity index (χ1n) is 7.34. The lowest BCUT2D eigenvalue weighted by molar-refractivity contribution is 0.529. The average molecular weight is 407 g/mol. The van der Waals surface area contributed by atoms with Crippen LogP contribution in [0.1, 0.15) is 56.9 Å². The molecule has 0 saturated heterocycles. The van der Waals surface area contributed by atoms with E-state index in [4.69, 9.17) is 5.73 Å². The van der Waals surface area contributed by atoms with Crippen molar-refractivity contribution in [3.05, 3.63) is 22.4 Å². The molecule has 0 spiro atoms. The summed E-state index contributed by atoms with van der Waals surface area (Å²) >= 11 is 1.74. The van der Waals surface area contributed by atoms with Crippen molar-refractivity contribution in [3.8, 4) is 0 Å². The molecule has 20 heavy (non-hydrogen) atoms. The lowest BCUT2D eigenvalue weighted by Gasteiger charge is -2.17. The Morgan fingerprint density at radius 3 is 2.70 bits per heavy atom. The second kappa shape index (κ2) is 9.60. The van der Waals surface area contributed by atoms with Crippen LogP contribution in [0.25, 0.3) is 0 Å². The largest absolute Gasteiger partial charge is 0.370 e. The number of rotatable bonds is 4. The average Bonchev–Trinajstić information content (AvgIpc) is 2.82. The highest BCUT2D eigenvalue weighted by Crippen LogP contribution is 2.19. The topological polar surface area (TPSA) is 50.4 Å². The number of thiophene rings is 1. The lowest BCUT2D eigenvalue weighted by Crippen LogP contribution is -2.40. The SMILES string of the molecule is CC(CN=C(N)NC1CCCCCC1)c1ccsc1.I. The molecule has 0 aromatic carbocycles. The predicted octanol–water partition coefficient (Wildman–Crippen LogP) is 4.10. The van der Waals surface area contributed by atoms with Crippen LogP contribution in [-0.2, 0) is 0 Å². The third kappa shape index (κ3) is 5.99. The number of hydrogen-bond donors (Lipinski definition) is 2. The smallest absolute Gasteiger partial charge is 0.188 e. The molecule has 1 aromatic rings. The third-order valence-corrected chi connectivity index (χ3v) is 4.56. The van der Waals surface area contributed by atoms with Gasteiger partial charge in [0.25, 0.3) is 0 Å². The highest BCUT2D eigenvalue weighted by atomic mass is 127. The van der Waals surface area contributed by atoms with Crippen LogP contribution in [0.3, 0.4) is 0 Å². The van der Waals surface area contributed by atoms with E-state index in [1.165, 1.54) is 44.1 Å². The summed E-state index contributed by atoms with van der Waals surface area (Å²) in [5.74, 6) is 1.06. The molecule has 1 aliphatic carbocycles. The minimum Gasteiger partial charge on any atom is -0.370 e. The van der Waals surface area contributed by atoms with E-state index in [-0.39, 0.29) is 24.0 Å². The van der Waals surface area contributed by atoms with Crippen molar-refractivity contribution in [2.75, 3.05) is 6.54 Å². The van der Waals surface area contributed by atoms with E-state index in [9.17, 15) is 0 Å². The minimum absolute atomic E-state index is 0. The number of nitrogens with two attached hydrogens (primary N) is 1. The minimum atomic E-state index is 0. The van der Waals surface area contributed by atoms with Gasteiger partial charge in [0.15, 0.2) is 5.96 Å². The Hall–Kier alpha value is -0.300. The molecular formula is C15H26IN3S. The summed E-state index contributed by atoms with van der Waals surface area (Å²) in [6.45, 7) is 2.97. The fraction of sp³-hybridized carbons (Fsp3) is 0.667. The Bertz CT molecular complexity index is 384. The van der Waals surface area contributed by atoms with Crippen molar-refractivity contribution in [1.82, 2.24) is 5.32 Å². The summed E-state index contributed by atoms with van der Waals surface area (Å²) in [6, 6.07) is 2.70. The molecule has 1 atom stereocenters. The first-order valence-corrected chi connectivity index (χ1v) is 8.28. The van der Waals surface area contributed by atoms with Crippen LogP contribution in [-0.4, -0.2) is 18.5 Å². The molecule has 5 heteroatoms. The lowest BCUT2D eigenvalue weighted by atomic mass is 10.1. The maximum absolute atomic E-state index is 6.00. The van der Waals surface area contributed by atoms with Gasteiger partial charge in [-0.15, -0.1) is 24.0 Å². The van der Waals surface area contributed by atoms with Gasteiger partial charge in [-0.3, -0.25) is 4.99 Å². The van der Waals surface area contributed by atoms with E-state index >= 15 is 0 Å². The van der Waals surface area contributed by atoms with Crippen molar-refractivity contribution in [3.63, 3.8) is 0 Å². The van der Waals surface area contributed by atoms with E-state index in [0.29, 0.717) is 17.9 Å². The summed E-state index contributed by atoms with van der Waals surface area (Å²) in [6.07, 6.45) is 7.83. The van der Waals surface area contributed by atoms with Crippen LogP contribution in [0.4, 0.5) is 0 Å². The van der Waals surface area contributed by atoms with Gasteiger partial charge in [0.1, 0.15) is 0 Å². The summed E-state index contributed by atoms with van der Waals surface area (Å²) < 4.78 is 0. The van der Waals surface area contributed by atoms with Crippen LogP contribution in [0.2, 0.25) is 0 Å². The molecule has 0 bridgehead atoms. The number of hydrogen-bond acceptors (Lipinski definition) is 2. The predicted molar refractivity (Wildman–Crippen MR) is 99.3 cm³/mol. The second-order valence-electron chi connectivity index (χ2n) is 5.52. The summed E-state index contributed by atoms with van der Waals surface area (Å²) in [7, 11) is 0. The Morgan fingerprint density at radius 1 is 1.40 bits per heavy atom. The Balaban J connectivity index is 0.00000200. The molecule has 3 nitrogen and oxygen atoms in total. The molecule has 0 amide bonds. The molecule has 1 saturated carbocycles. The standard InChI is InChI=1S/C15H25N3S.HI/c1-12(13-8-9-19-11-13)10-17-15(16)18-14-6-4-2-3-5-7-14;/h8-9,11-12,14H,2-7,10H2,1H3,(H3,16,17,18);1H. The first kappa shape index (κ1) is 17.8. The van der Waals surface area contributed by atoms with Crippen molar-refractivity contribution in [1.29, 1.82) is 0 Å². The van der Waals surface area contributed by atoms with Crippen molar-refractivity contribution in [2.24, 2.45) is 10.7 Å². The molecule has 1 aromatic heterocycles. The van der Waals surface area contributed by atoms with Gasteiger partial charge in [0.2, 0.25) is 0 Å². The molecule has 3 N–H and O–H groups in total. The number of nitrogens with one attached hydrogen (secondary N) is 1. The molecule has 1 heterocycles. The van der Waals surface area contributed by atoms with Gasteiger partial charge in [-0.1, -0.05) is 32.6 Å². The van der Waals surface area contributed by atoms with E-state index in [2.05, 4.69) is 34.1 Å². The van der Waals surface area contributed by atoms with Crippen LogP contribution in [0, 0.1) is 0 Å². The monoisotopic (exact) mass is 407 g/mol. The first-order chi connectivity index (χ1) is 9.25.